The lowest BCUT2D eigenvalue weighted by molar-refractivity contribution is 0.323. The Morgan fingerprint density at radius 3 is 2.68 bits per heavy atom. The summed E-state index contributed by atoms with van der Waals surface area (Å²) in [6, 6.07) is 4.70. The fourth-order valence-electron chi connectivity index (χ4n) is 3.00. The Balaban J connectivity index is 1.78. The van der Waals surface area contributed by atoms with Crippen LogP contribution < -0.4 is 5.73 Å². The number of nitrogens with two attached hydrogens (primary N) is 1. The number of benzene rings is 1. The molecule has 0 heterocycles. The molecule has 0 bridgehead atoms. The van der Waals surface area contributed by atoms with Gasteiger partial charge in [0.1, 0.15) is 5.82 Å². The molecule has 1 aromatic rings. The van der Waals surface area contributed by atoms with E-state index in [1.165, 1.54) is 50.7 Å². The van der Waals surface area contributed by atoms with E-state index in [-0.39, 0.29) is 11.9 Å². The van der Waals surface area contributed by atoms with E-state index in [4.69, 9.17) is 17.3 Å². The Kier molecular flexibility index (Phi) is 5.65. The summed E-state index contributed by atoms with van der Waals surface area (Å²) in [7, 11) is 0. The summed E-state index contributed by atoms with van der Waals surface area (Å²) in [5.74, 6) is 0.577. The van der Waals surface area contributed by atoms with Gasteiger partial charge in [-0.05, 0) is 42.9 Å². The molecule has 106 valence electrons. The van der Waals surface area contributed by atoms with E-state index in [0.29, 0.717) is 5.02 Å². The average Bonchev–Trinajstić information content (AvgIpc) is 2.41. The molecular formula is C16H23ClFN. The van der Waals surface area contributed by atoms with Gasteiger partial charge in [0.05, 0.1) is 0 Å². The van der Waals surface area contributed by atoms with Gasteiger partial charge in [-0.15, -0.1) is 0 Å². The van der Waals surface area contributed by atoms with Crippen molar-refractivity contribution in [3.05, 3.63) is 34.6 Å². The van der Waals surface area contributed by atoms with E-state index in [9.17, 15) is 4.39 Å². The van der Waals surface area contributed by atoms with E-state index in [1.54, 1.807) is 6.07 Å². The predicted octanol–water partition coefficient (Wildman–Crippen LogP) is 4.71. The molecule has 1 atom stereocenters. The van der Waals surface area contributed by atoms with E-state index in [2.05, 4.69) is 0 Å². The van der Waals surface area contributed by atoms with Crippen molar-refractivity contribution in [2.24, 2.45) is 11.7 Å². The van der Waals surface area contributed by atoms with Crippen molar-refractivity contribution in [3.63, 3.8) is 0 Å². The van der Waals surface area contributed by atoms with Gasteiger partial charge in [0, 0.05) is 11.1 Å². The molecule has 0 spiro atoms. The average molecular weight is 284 g/mol. The Labute approximate surface area is 120 Å². The van der Waals surface area contributed by atoms with Crippen LogP contribution in [0.1, 0.15) is 50.5 Å². The number of rotatable bonds is 5. The zero-order valence-electron chi connectivity index (χ0n) is 11.4. The van der Waals surface area contributed by atoms with Crippen LogP contribution in [0.2, 0.25) is 5.02 Å². The highest BCUT2D eigenvalue weighted by atomic mass is 35.5. The first-order valence-electron chi connectivity index (χ1n) is 7.34. The van der Waals surface area contributed by atoms with Gasteiger partial charge in [-0.2, -0.15) is 0 Å². The first kappa shape index (κ1) is 14.8. The van der Waals surface area contributed by atoms with Crippen LogP contribution in [0.5, 0.6) is 0 Å². The molecule has 0 radical (unpaired) electrons. The second kappa shape index (κ2) is 7.25. The molecule has 2 N–H and O–H groups in total. The fourth-order valence-corrected chi connectivity index (χ4v) is 3.24. The highest BCUT2D eigenvalue weighted by Gasteiger charge is 2.15. The molecule has 1 aliphatic carbocycles. The highest BCUT2D eigenvalue weighted by Crippen LogP contribution is 2.28. The fraction of sp³-hybridized carbons (Fsp3) is 0.625. The molecule has 1 saturated carbocycles. The molecular weight excluding hydrogens is 261 g/mol. The Bertz CT molecular complexity index is 402. The lowest BCUT2D eigenvalue weighted by atomic mass is 9.85. The number of hydrogen-bond donors (Lipinski definition) is 1. The molecule has 1 aliphatic rings. The third kappa shape index (κ3) is 4.77. The summed E-state index contributed by atoms with van der Waals surface area (Å²) in [4.78, 5) is 0. The van der Waals surface area contributed by atoms with Crippen molar-refractivity contribution in [2.75, 3.05) is 0 Å². The maximum absolute atomic E-state index is 13.0. The van der Waals surface area contributed by atoms with Crippen LogP contribution in [0.15, 0.2) is 18.2 Å². The zero-order valence-corrected chi connectivity index (χ0v) is 12.1. The third-order valence-corrected chi connectivity index (χ3v) is 4.52. The van der Waals surface area contributed by atoms with Crippen LogP contribution in [-0.4, -0.2) is 6.04 Å². The standard InChI is InChI=1S/C16H23ClFN/c17-16-11-14(18)8-7-13(16)10-15(19)9-6-12-4-2-1-3-5-12/h7-8,11-12,15H,1-6,9-10,19H2. The maximum Gasteiger partial charge on any atom is 0.124 e. The normalized spacial score (nSPS) is 18.5. The molecule has 3 heteroatoms. The van der Waals surface area contributed by atoms with Crippen LogP contribution in [0, 0.1) is 11.7 Å². The summed E-state index contributed by atoms with van der Waals surface area (Å²) in [5, 5.41) is 0.494. The summed E-state index contributed by atoms with van der Waals surface area (Å²) in [6.45, 7) is 0. The minimum Gasteiger partial charge on any atom is -0.327 e. The van der Waals surface area contributed by atoms with E-state index in [1.807, 2.05) is 0 Å². The van der Waals surface area contributed by atoms with Crippen LogP contribution in [-0.2, 0) is 6.42 Å². The second-order valence-electron chi connectivity index (χ2n) is 5.78. The van der Waals surface area contributed by atoms with Gasteiger partial charge in [-0.1, -0.05) is 49.8 Å². The monoisotopic (exact) mass is 283 g/mol. The minimum atomic E-state index is -0.287. The lowest BCUT2D eigenvalue weighted by Crippen LogP contribution is -2.24. The van der Waals surface area contributed by atoms with E-state index in [0.717, 1.165) is 24.3 Å². The Morgan fingerprint density at radius 2 is 2.00 bits per heavy atom. The zero-order chi connectivity index (χ0) is 13.7. The highest BCUT2D eigenvalue weighted by molar-refractivity contribution is 6.31. The van der Waals surface area contributed by atoms with Crippen LogP contribution >= 0.6 is 11.6 Å². The number of hydrogen-bond acceptors (Lipinski definition) is 1. The maximum atomic E-state index is 13.0. The summed E-state index contributed by atoms with van der Waals surface area (Å²) in [5.41, 5.74) is 7.14. The quantitative estimate of drug-likeness (QED) is 0.832. The predicted molar refractivity (Wildman–Crippen MR) is 78.9 cm³/mol. The van der Waals surface area contributed by atoms with Gasteiger partial charge in [0.25, 0.3) is 0 Å². The van der Waals surface area contributed by atoms with Crippen molar-refractivity contribution in [2.45, 2.75) is 57.4 Å². The van der Waals surface area contributed by atoms with Crippen molar-refractivity contribution in [1.82, 2.24) is 0 Å². The molecule has 1 unspecified atom stereocenters. The summed E-state index contributed by atoms with van der Waals surface area (Å²) < 4.78 is 13.0. The Hall–Kier alpha value is -0.600. The molecule has 0 aromatic heterocycles. The molecule has 19 heavy (non-hydrogen) atoms. The van der Waals surface area contributed by atoms with Gasteiger partial charge >= 0.3 is 0 Å². The molecule has 0 amide bonds. The lowest BCUT2D eigenvalue weighted by Gasteiger charge is -2.23. The van der Waals surface area contributed by atoms with Gasteiger partial charge < -0.3 is 5.73 Å². The molecule has 1 aromatic carbocycles. The molecule has 0 aliphatic heterocycles. The van der Waals surface area contributed by atoms with Crippen molar-refractivity contribution in [1.29, 1.82) is 0 Å². The Morgan fingerprint density at radius 1 is 1.26 bits per heavy atom. The van der Waals surface area contributed by atoms with E-state index >= 15 is 0 Å². The van der Waals surface area contributed by atoms with Crippen molar-refractivity contribution >= 4 is 11.6 Å². The minimum absolute atomic E-state index is 0.130. The number of halogens is 2. The second-order valence-corrected chi connectivity index (χ2v) is 6.19. The molecule has 2 rings (SSSR count). The molecule has 1 fully saturated rings. The first-order chi connectivity index (χ1) is 9.15. The van der Waals surface area contributed by atoms with Gasteiger partial charge in [-0.25, -0.2) is 4.39 Å². The van der Waals surface area contributed by atoms with Crippen LogP contribution in [0.25, 0.3) is 0 Å². The van der Waals surface area contributed by atoms with Gasteiger partial charge in [0.15, 0.2) is 0 Å². The topological polar surface area (TPSA) is 26.0 Å². The molecule has 1 nitrogen and oxygen atoms in total. The summed E-state index contributed by atoms with van der Waals surface area (Å²) >= 11 is 6.03. The largest absolute Gasteiger partial charge is 0.327 e. The first-order valence-corrected chi connectivity index (χ1v) is 7.72. The van der Waals surface area contributed by atoms with Crippen molar-refractivity contribution in [3.8, 4) is 0 Å². The smallest absolute Gasteiger partial charge is 0.124 e. The van der Waals surface area contributed by atoms with Gasteiger partial charge in [-0.3, -0.25) is 0 Å². The molecule has 0 saturated heterocycles. The van der Waals surface area contributed by atoms with Gasteiger partial charge in [0.2, 0.25) is 0 Å². The summed E-state index contributed by atoms with van der Waals surface area (Å²) in [6.07, 6.45) is 9.89. The SMILES string of the molecule is NC(CCC1CCCCC1)Cc1ccc(F)cc1Cl. The third-order valence-electron chi connectivity index (χ3n) is 4.17. The van der Waals surface area contributed by atoms with Crippen molar-refractivity contribution < 1.29 is 4.39 Å². The van der Waals surface area contributed by atoms with E-state index < -0.39 is 0 Å². The van der Waals surface area contributed by atoms with Crippen LogP contribution in [0.3, 0.4) is 0 Å². The van der Waals surface area contributed by atoms with Crippen LogP contribution in [0.4, 0.5) is 4.39 Å².